The van der Waals surface area contributed by atoms with Crippen LogP contribution in [0.1, 0.15) is 112 Å². The van der Waals surface area contributed by atoms with Crippen molar-refractivity contribution in [1.82, 2.24) is 10.6 Å². The van der Waals surface area contributed by atoms with Gasteiger partial charge in [-0.1, -0.05) is 34.6 Å². The summed E-state index contributed by atoms with van der Waals surface area (Å²) in [6.07, 6.45) is 13.1. The zero-order valence-corrected chi connectivity index (χ0v) is 27.6. The van der Waals surface area contributed by atoms with Crippen molar-refractivity contribution >= 4 is 11.9 Å². The fourth-order valence-electron chi connectivity index (χ4n) is 10.6. The van der Waals surface area contributed by atoms with E-state index in [1.54, 1.807) is 0 Å². The van der Waals surface area contributed by atoms with Crippen LogP contribution >= 0.6 is 0 Å². The quantitative estimate of drug-likeness (QED) is 0.172. The van der Waals surface area contributed by atoms with Crippen molar-refractivity contribution in [2.24, 2.45) is 63.9 Å². The molecule has 7 nitrogen and oxygen atoms in total. The SMILES string of the molecule is COC(=O)C(NC(=O)CC[C@@H](C)C1CCC2C3C(CC[C@@]21C)[C@@]1(C)CCC(CNCCCCN)C[C@H]1C[C@H]3O)C(C)C. The number of carbonyl (C=O) groups excluding carboxylic acids is 2. The first-order valence-corrected chi connectivity index (χ1v) is 17.4. The van der Waals surface area contributed by atoms with Crippen LogP contribution in [0.15, 0.2) is 0 Å². The third-order valence-electron chi connectivity index (χ3n) is 13.1. The van der Waals surface area contributed by atoms with Crippen LogP contribution in [-0.4, -0.2) is 55.9 Å². The van der Waals surface area contributed by atoms with Gasteiger partial charge in [-0.05, 0) is 148 Å². The Morgan fingerprint density at radius 1 is 1.00 bits per heavy atom. The average molecular weight is 590 g/mol. The maximum Gasteiger partial charge on any atom is 0.328 e. The second-order valence-corrected chi connectivity index (χ2v) is 15.7. The van der Waals surface area contributed by atoms with E-state index in [4.69, 9.17) is 10.5 Å². The summed E-state index contributed by atoms with van der Waals surface area (Å²) in [5, 5.41) is 18.4. The Balaban J connectivity index is 1.34. The first-order chi connectivity index (χ1) is 20.0. The van der Waals surface area contributed by atoms with Crippen LogP contribution < -0.4 is 16.4 Å². The summed E-state index contributed by atoms with van der Waals surface area (Å²) in [5.41, 5.74) is 6.24. The van der Waals surface area contributed by atoms with Crippen molar-refractivity contribution in [1.29, 1.82) is 0 Å². The number of nitrogens with two attached hydrogens (primary N) is 1. The van der Waals surface area contributed by atoms with Gasteiger partial charge < -0.3 is 26.2 Å². The highest BCUT2D eigenvalue weighted by atomic mass is 16.5. The predicted octanol–water partition coefficient (Wildman–Crippen LogP) is 5.29. The molecule has 0 aliphatic heterocycles. The highest BCUT2D eigenvalue weighted by Crippen LogP contribution is 2.68. The van der Waals surface area contributed by atoms with E-state index in [0.29, 0.717) is 47.3 Å². The topological polar surface area (TPSA) is 114 Å². The van der Waals surface area contributed by atoms with Gasteiger partial charge in [0.15, 0.2) is 0 Å². The van der Waals surface area contributed by atoms with Gasteiger partial charge >= 0.3 is 5.97 Å². The van der Waals surface area contributed by atoms with E-state index in [0.717, 1.165) is 51.2 Å². The maximum atomic E-state index is 12.8. The summed E-state index contributed by atoms with van der Waals surface area (Å²) in [4.78, 5) is 24.9. The molecule has 5 N–H and O–H groups in total. The summed E-state index contributed by atoms with van der Waals surface area (Å²) >= 11 is 0. The van der Waals surface area contributed by atoms with Crippen molar-refractivity contribution < 1.29 is 19.4 Å². The molecular weight excluding hydrogens is 526 g/mol. The van der Waals surface area contributed by atoms with Crippen LogP contribution in [0.2, 0.25) is 0 Å². The Labute approximate surface area is 256 Å². The van der Waals surface area contributed by atoms with E-state index in [9.17, 15) is 14.7 Å². The monoisotopic (exact) mass is 589 g/mol. The molecule has 7 heteroatoms. The summed E-state index contributed by atoms with van der Waals surface area (Å²) in [7, 11) is 1.37. The van der Waals surface area contributed by atoms with Crippen LogP contribution in [-0.2, 0) is 14.3 Å². The van der Waals surface area contributed by atoms with Gasteiger partial charge in [-0.25, -0.2) is 4.79 Å². The standard InChI is InChI=1S/C35H63N3O4/c1-22(2)32(33(41)42-6)38-30(40)12-9-23(3)26-10-11-27-31-28(14-16-35(26,27)5)34(4)15-13-24(19-25(34)20-29(31)39)21-37-18-8-7-17-36/h22-29,31-32,37,39H,7-21,36H2,1-6H3,(H,38,40)/t23-,24?,25+,26?,27?,28?,29-,31?,32?,34+,35-/m1/s1. The molecule has 4 rings (SSSR count). The van der Waals surface area contributed by atoms with Gasteiger partial charge in [0.1, 0.15) is 6.04 Å². The summed E-state index contributed by atoms with van der Waals surface area (Å²) in [5.74, 6) is 3.58. The number of carbonyl (C=O) groups is 2. The molecule has 0 aromatic heterocycles. The van der Waals surface area contributed by atoms with Gasteiger partial charge in [-0.2, -0.15) is 0 Å². The van der Waals surface area contributed by atoms with Crippen molar-refractivity contribution in [3.8, 4) is 0 Å². The molecule has 0 bridgehead atoms. The molecule has 4 saturated carbocycles. The smallest absolute Gasteiger partial charge is 0.328 e. The lowest BCUT2D eigenvalue weighted by molar-refractivity contribution is -0.169. The molecule has 0 aromatic carbocycles. The fourth-order valence-corrected chi connectivity index (χ4v) is 10.6. The van der Waals surface area contributed by atoms with Crippen LogP contribution in [0, 0.1) is 58.2 Å². The first kappa shape index (κ1) is 33.7. The van der Waals surface area contributed by atoms with Gasteiger partial charge in [0.25, 0.3) is 0 Å². The lowest BCUT2D eigenvalue weighted by Gasteiger charge is -2.62. The number of hydrogen-bond acceptors (Lipinski definition) is 6. The van der Waals surface area contributed by atoms with Crippen molar-refractivity contribution in [3.63, 3.8) is 0 Å². The number of methoxy groups -OCH3 is 1. The molecule has 11 atom stereocenters. The summed E-state index contributed by atoms with van der Waals surface area (Å²) < 4.78 is 4.90. The normalized spacial score (nSPS) is 39.1. The zero-order valence-electron chi connectivity index (χ0n) is 27.6. The average Bonchev–Trinajstić information content (AvgIpc) is 3.31. The van der Waals surface area contributed by atoms with Gasteiger partial charge in [0.2, 0.25) is 5.91 Å². The number of unbranched alkanes of at least 4 members (excludes halogenated alkanes) is 1. The minimum absolute atomic E-state index is 0.00919. The Hall–Kier alpha value is -1.18. The zero-order chi connectivity index (χ0) is 30.7. The number of fused-ring (bicyclic) bond motifs is 5. The van der Waals surface area contributed by atoms with Gasteiger partial charge in [0, 0.05) is 6.42 Å². The third kappa shape index (κ3) is 6.88. The van der Waals surface area contributed by atoms with E-state index < -0.39 is 6.04 Å². The van der Waals surface area contributed by atoms with E-state index in [2.05, 4.69) is 31.4 Å². The second kappa shape index (κ2) is 14.3. The lowest BCUT2D eigenvalue weighted by Crippen LogP contribution is -2.58. The Kier molecular flexibility index (Phi) is 11.5. The van der Waals surface area contributed by atoms with Crippen molar-refractivity contribution in [3.05, 3.63) is 0 Å². The van der Waals surface area contributed by atoms with Crippen LogP contribution in [0.3, 0.4) is 0 Å². The molecule has 4 aliphatic rings. The van der Waals surface area contributed by atoms with Gasteiger partial charge in [0.05, 0.1) is 13.2 Å². The minimum atomic E-state index is -0.591. The molecule has 1 amide bonds. The van der Waals surface area contributed by atoms with Gasteiger partial charge in [-0.3, -0.25) is 4.79 Å². The molecule has 4 aliphatic carbocycles. The number of rotatable bonds is 13. The molecule has 4 fully saturated rings. The maximum absolute atomic E-state index is 12.8. The molecule has 0 spiro atoms. The highest BCUT2D eigenvalue weighted by Gasteiger charge is 2.62. The minimum Gasteiger partial charge on any atom is -0.467 e. The van der Waals surface area contributed by atoms with E-state index >= 15 is 0 Å². The van der Waals surface area contributed by atoms with Crippen LogP contribution in [0.4, 0.5) is 0 Å². The third-order valence-corrected chi connectivity index (χ3v) is 13.1. The number of esters is 1. The number of nitrogens with one attached hydrogen (secondary N) is 2. The Bertz CT molecular complexity index is 913. The Morgan fingerprint density at radius 3 is 2.40 bits per heavy atom. The number of aliphatic hydroxyl groups excluding tert-OH is 1. The number of aliphatic hydroxyl groups is 1. The number of ether oxygens (including phenoxy) is 1. The summed E-state index contributed by atoms with van der Waals surface area (Å²) in [6, 6.07) is -0.591. The Morgan fingerprint density at radius 2 is 1.71 bits per heavy atom. The van der Waals surface area contributed by atoms with E-state index in [-0.39, 0.29) is 29.3 Å². The highest BCUT2D eigenvalue weighted by molar-refractivity contribution is 5.84. The van der Waals surface area contributed by atoms with Crippen molar-refractivity contribution in [2.75, 3.05) is 26.7 Å². The number of hydrogen-bond donors (Lipinski definition) is 4. The largest absolute Gasteiger partial charge is 0.467 e. The molecular formula is C35H63N3O4. The molecule has 0 heterocycles. The molecule has 0 aromatic rings. The predicted molar refractivity (Wildman–Crippen MR) is 168 cm³/mol. The van der Waals surface area contributed by atoms with Crippen LogP contribution in [0.25, 0.3) is 0 Å². The fraction of sp³-hybridized carbons (Fsp3) is 0.943. The molecule has 0 radical (unpaired) electrons. The van der Waals surface area contributed by atoms with E-state index in [1.807, 2.05) is 13.8 Å². The molecule has 6 unspecified atom stereocenters. The molecule has 42 heavy (non-hydrogen) atoms. The van der Waals surface area contributed by atoms with Crippen molar-refractivity contribution in [2.45, 2.75) is 124 Å². The second-order valence-electron chi connectivity index (χ2n) is 15.7. The molecule has 0 saturated heterocycles. The lowest BCUT2D eigenvalue weighted by atomic mass is 9.43. The van der Waals surface area contributed by atoms with E-state index in [1.165, 1.54) is 52.1 Å². The van der Waals surface area contributed by atoms with Crippen LogP contribution in [0.5, 0.6) is 0 Å². The van der Waals surface area contributed by atoms with Gasteiger partial charge in [-0.15, -0.1) is 0 Å². The summed E-state index contributed by atoms with van der Waals surface area (Å²) in [6.45, 7) is 14.2. The first-order valence-electron chi connectivity index (χ1n) is 17.4. The number of amides is 1. The molecule has 242 valence electrons.